The fourth-order valence-electron chi connectivity index (χ4n) is 7.27. The van der Waals surface area contributed by atoms with Crippen LogP contribution < -0.4 is 24.1 Å². The van der Waals surface area contributed by atoms with Crippen LogP contribution >= 0.6 is 23.2 Å². The van der Waals surface area contributed by atoms with E-state index in [0.717, 1.165) is 49.3 Å². The summed E-state index contributed by atoms with van der Waals surface area (Å²) in [7, 11) is 3.10. The number of methoxy groups -OCH3 is 2. The number of hydrogen-bond donors (Lipinski definition) is 0. The summed E-state index contributed by atoms with van der Waals surface area (Å²) in [5.41, 5.74) is 4.15. The van der Waals surface area contributed by atoms with E-state index in [-0.39, 0.29) is 25.2 Å². The summed E-state index contributed by atoms with van der Waals surface area (Å²) in [5.74, 6) is 1.57. The van der Waals surface area contributed by atoms with Gasteiger partial charge in [-0.05, 0) is 97.1 Å². The lowest BCUT2D eigenvalue weighted by atomic mass is 9.86. The first kappa shape index (κ1) is 39.0. The Morgan fingerprint density at radius 2 is 1.57 bits per heavy atom. The minimum absolute atomic E-state index is 0.0854. The highest BCUT2D eigenvalue weighted by Gasteiger charge is 2.37. The van der Waals surface area contributed by atoms with Gasteiger partial charge in [0.15, 0.2) is 23.9 Å². The zero-order chi connectivity index (χ0) is 39.0. The number of ether oxygens (including phenoxy) is 5. The third kappa shape index (κ3) is 9.38. The largest absolute Gasteiger partial charge is 0.493 e. The SMILES string of the molecule is COc1ccc([C@H](Cc2c(Cl)c[nH+]cc2Cl)OC(=O)c2cccc(COc3ccc(CN(C(=O)O[C@H]4CN5CCC4CC5)c4ccccc4)cc3)c2)cc1OC. The standard InChI is InChI=1S/C44H43Cl2N3O7/c1-52-39-16-13-32(22-41(39)53-2)40(23-36-37(45)24-47-25-38(36)46)55-43(50)33-8-6-7-30(21-33)28-54-35-14-11-29(12-15-35)26-49(34-9-4-3-5-10-34)44(51)56-42-27-48-19-17-31(42)18-20-48/h3-16,21-22,24-25,31,40,42H,17-20,23,26-28H2,1-2H3/p+1/t40-,42-/m0/s1. The zero-order valence-corrected chi connectivity index (χ0v) is 32.8. The van der Waals surface area contributed by atoms with Crippen molar-refractivity contribution in [2.45, 2.75) is 44.6 Å². The van der Waals surface area contributed by atoms with Crippen LogP contribution in [0, 0.1) is 5.92 Å². The Labute approximate surface area is 336 Å². The van der Waals surface area contributed by atoms with Gasteiger partial charge in [0.25, 0.3) is 0 Å². The number of halogens is 2. The molecule has 3 aliphatic heterocycles. The first-order valence-electron chi connectivity index (χ1n) is 18.6. The quantitative estimate of drug-likeness (QED) is 0.103. The van der Waals surface area contributed by atoms with E-state index in [4.69, 9.17) is 46.9 Å². The van der Waals surface area contributed by atoms with Crippen molar-refractivity contribution in [3.05, 3.63) is 147 Å². The summed E-state index contributed by atoms with van der Waals surface area (Å²) >= 11 is 13.0. The van der Waals surface area contributed by atoms with Gasteiger partial charge >= 0.3 is 12.1 Å². The lowest BCUT2D eigenvalue weighted by molar-refractivity contribution is -0.377. The van der Waals surface area contributed by atoms with Gasteiger partial charge in [0.05, 0.1) is 26.3 Å². The van der Waals surface area contributed by atoms with Gasteiger partial charge < -0.3 is 23.7 Å². The number of nitrogens with zero attached hydrogens (tertiary/aromatic N) is 2. The number of carbonyl (C=O) groups is 2. The number of pyridine rings is 1. The van der Waals surface area contributed by atoms with Crippen molar-refractivity contribution in [2.75, 3.05) is 38.8 Å². The van der Waals surface area contributed by atoms with Crippen molar-refractivity contribution in [1.82, 2.24) is 4.90 Å². The Morgan fingerprint density at radius 1 is 0.839 bits per heavy atom. The average Bonchev–Trinajstić information content (AvgIpc) is 3.24. The number of esters is 1. The Balaban J connectivity index is 1.01. The van der Waals surface area contributed by atoms with Crippen LogP contribution in [0.1, 0.15) is 51.6 Å². The predicted molar refractivity (Wildman–Crippen MR) is 214 cm³/mol. The van der Waals surface area contributed by atoms with Gasteiger partial charge in [-0.25, -0.2) is 14.6 Å². The molecule has 0 aliphatic carbocycles. The van der Waals surface area contributed by atoms with E-state index < -0.39 is 12.1 Å². The van der Waals surface area contributed by atoms with Gasteiger partial charge in [-0.3, -0.25) is 9.80 Å². The van der Waals surface area contributed by atoms with E-state index in [1.165, 1.54) is 0 Å². The number of aromatic amines is 1. The Bertz CT molecular complexity index is 2110. The Morgan fingerprint density at radius 3 is 2.25 bits per heavy atom. The van der Waals surface area contributed by atoms with Gasteiger partial charge in [-0.2, -0.15) is 0 Å². The number of carbonyl (C=O) groups excluding carboxylic acids is 2. The number of anilines is 1. The monoisotopic (exact) mass is 796 g/mol. The average molecular weight is 798 g/mol. The molecule has 1 aromatic heterocycles. The van der Waals surface area contributed by atoms with Crippen LogP contribution in [0.4, 0.5) is 10.5 Å². The molecule has 4 aromatic carbocycles. The number of H-pyrrole nitrogens is 1. The molecule has 0 radical (unpaired) electrons. The lowest BCUT2D eigenvalue weighted by Gasteiger charge is -2.44. The van der Waals surface area contributed by atoms with Gasteiger partial charge in [0.1, 0.15) is 34.6 Å². The number of hydrogen-bond acceptors (Lipinski definition) is 8. The normalized spacial score (nSPS) is 17.8. The second-order valence-electron chi connectivity index (χ2n) is 14.0. The van der Waals surface area contributed by atoms with Gasteiger partial charge in [0.2, 0.25) is 0 Å². The second kappa shape index (κ2) is 18.1. The second-order valence-corrected chi connectivity index (χ2v) is 14.8. The smallest absolute Gasteiger partial charge is 0.414 e. The summed E-state index contributed by atoms with van der Waals surface area (Å²) in [4.78, 5) is 34.2. The molecule has 0 spiro atoms. The van der Waals surface area contributed by atoms with E-state index in [1.54, 1.807) is 61.8 Å². The molecule has 3 aliphatic rings. The molecule has 56 heavy (non-hydrogen) atoms. The van der Waals surface area contributed by atoms with Crippen LogP contribution in [-0.2, 0) is 29.0 Å². The number of nitrogens with one attached hydrogen (secondary N) is 1. The molecule has 1 N–H and O–H groups in total. The first-order chi connectivity index (χ1) is 27.3. The third-order valence-electron chi connectivity index (χ3n) is 10.4. The van der Waals surface area contributed by atoms with E-state index in [2.05, 4.69) is 9.88 Å². The molecule has 10 nitrogen and oxygen atoms in total. The van der Waals surface area contributed by atoms with Crippen molar-refractivity contribution in [3.8, 4) is 17.2 Å². The topological polar surface area (TPSA) is 101 Å². The molecule has 5 aromatic rings. The molecule has 3 fully saturated rings. The highest BCUT2D eigenvalue weighted by molar-refractivity contribution is 6.35. The number of fused-ring (bicyclic) bond motifs is 3. The van der Waals surface area contributed by atoms with Crippen LogP contribution in [0.25, 0.3) is 0 Å². The molecule has 2 atom stereocenters. The first-order valence-corrected chi connectivity index (χ1v) is 19.4. The number of amides is 1. The number of piperidine rings is 3. The Hall–Kier alpha value is -5.29. The molecule has 0 saturated carbocycles. The van der Waals surface area contributed by atoms with Gasteiger partial charge in [-0.15, -0.1) is 0 Å². The molecular weight excluding hydrogens is 753 g/mol. The van der Waals surface area contributed by atoms with E-state index in [1.807, 2.05) is 66.7 Å². The highest BCUT2D eigenvalue weighted by atomic mass is 35.5. The van der Waals surface area contributed by atoms with Crippen molar-refractivity contribution < 1.29 is 38.3 Å². The van der Waals surface area contributed by atoms with Gasteiger partial charge in [0, 0.05) is 24.2 Å². The molecule has 3 saturated heterocycles. The number of para-hydroxylation sites is 1. The van der Waals surface area contributed by atoms with Crippen molar-refractivity contribution in [1.29, 1.82) is 0 Å². The van der Waals surface area contributed by atoms with Crippen LogP contribution in [0.15, 0.2) is 109 Å². The zero-order valence-electron chi connectivity index (χ0n) is 31.3. The summed E-state index contributed by atoms with van der Waals surface area (Å²) in [6.07, 6.45) is 4.44. The predicted octanol–water partition coefficient (Wildman–Crippen LogP) is 8.78. The number of rotatable bonds is 14. The maximum Gasteiger partial charge on any atom is 0.414 e. The number of aromatic nitrogens is 1. The maximum absolute atomic E-state index is 13.7. The van der Waals surface area contributed by atoms with Crippen LogP contribution in [0.5, 0.6) is 17.2 Å². The summed E-state index contributed by atoms with van der Waals surface area (Å²) < 4.78 is 29.3. The fourth-order valence-corrected chi connectivity index (χ4v) is 7.80. The maximum atomic E-state index is 13.7. The summed E-state index contributed by atoms with van der Waals surface area (Å²) in [5, 5.41) is 0.837. The molecule has 12 heteroatoms. The van der Waals surface area contributed by atoms with Crippen molar-refractivity contribution in [3.63, 3.8) is 0 Å². The van der Waals surface area contributed by atoms with Crippen molar-refractivity contribution in [2.24, 2.45) is 5.92 Å². The molecule has 0 unspecified atom stereocenters. The molecule has 2 bridgehead atoms. The summed E-state index contributed by atoms with van der Waals surface area (Å²) in [6.45, 7) is 3.52. The molecule has 4 heterocycles. The third-order valence-corrected chi connectivity index (χ3v) is 11.1. The Kier molecular flexibility index (Phi) is 12.6. The fraction of sp³-hybridized carbons (Fsp3) is 0.295. The molecular formula is C44H44Cl2N3O7+. The van der Waals surface area contributed by atoms with Crippen LogP contribution in [0.2, 0.25) is 10.0 Å². The molecule has 8 rings (SSSR count). The molecule has 290 valence electrons. The minimum Gasteiger partial charge on any atom is -0.493 e. The summed E-state index contributed by atoms with van der Waals surface area (Å²) in [6, 6.07) is 29.7. The molecule has 1 amide bonds. The number of benzene rings is 4. The van der Waals surface area contributed by atoms with E-state index in [0.29, 0.717) is 56.4 Å². The van der Waals surface area contributed by atoms with Crippen molar-refractivity contribution >= 4 is 41.0 Å². The van der Waals surface area contributed by atoms with Gasteiger partial charge in [-0.1, -0.05) is 71.7 Å². The highest BCUT2D eigenvalue weighted by Crippen LogP contribution is 2.36. The minimum atomic E-state index is -0.752. The van der Waals surface area contributed by atoms with E-state index in [9.17, 15) is 9.59 Å². The lowest BCUT2D eigenvalue weighted by Crippen LogP contribution is -2.53. The van der Waals surface area contributed by atoms with Crippen LogP contribution in [-0.4, -0.2) is 56.9 Å². The van der Waals surface area contributed by atoms with E-state index >= 15 is 0 Å². The van der Waals surface area contributed by atoms with Crippen LogP contribution in [0.3, 0.4) is 0 Å².